The van der Waals surface area contributed by atoms with Gasteiger partial charge in [-0.25, -0.2) is 9.18 Å². The Morgan fingerprint density at radius 3 is 2.57 bits per heavy atom. The third-order valence-corrected chi connectivity index (χ3v) is 3.63. The van der Waals surface area contributed by atoms with Gasteiger partial charge in [-0.3, -0.25) is 9.69 Å². The third kappa shape index (κ3) is 3.48. The van der Waals surface area contributed by atoms with Crippen molar-refractivity contribution in [3.8, 4) is 0 Å². The van der Waals surface area contributed by atoms with E-state index in [0.717, 1.165) is 5.69 Å². The van der Waals surface area contributed by atoms with Crippen LogP contribution in [0.1, 0.15) is 5.56 Å². The highest BCUT2D eigenvalue weighted by atomic mass is 19.1. The number of anilines is 2. The second kappa shape index (κ2) is 6.48. The van der Waals surface area contributed by atoms with E-state index in [9.17, 15) is 14.0 Å². The van der Waals surface area contributed by atoms with Gasteiger partial charge < -0.3 is 10.6 Å². The topological polar surface area (TPSA) is 61.4 Å². The van der Waals surface area contributed by atoms with Crippen molar-refractivity contribution >= 4 is 23.3 Å². The molecule has 1 aliphatic heterocycles. The molecule has 3 rings (SSSR count). The molecule has 1 aliphatic rings. The van der Waals surface area contributed by atoms with Gasteiger partial charge in [-0.05, 0) is 35.9 Å². The van der Waals surface area contributed by atoms with Gasteiger partial charge in [0.05, 0.1) is 6.42 Å². The number of nitrogens with zero attached hydrogens (tertiary/aromatic N) is 1. The van der Waals surface area contributed by atoms with E-state index in [0.29, 0.717) is 24.3 Å². The van der Waals surface area contributed by atoms with Crippen LogP contribution in [-0.4, -0.2) is 25.0 Å². The van der Waals surface area contributed by atoms with Crippen molar-refractivity contribution in [1.29, 1.82) is 0 Å². The highest BCUT2D eigenvalue weighted by molar-refractivity contribution is 5.95. The molecule has 1 saturated heterocycles. The summed E-state index contributed by atoms with van der Waals surface area (Å²) in [5, 5.41) is 5.45. The van der Waals surface area contributed by atoms with Gasteiger partial charge in [0.2, 0.25) is 5.91 Å². The Hall–Kier alpha value is -2.89. The predicted molar refractivity (Wildman–Crippen MR) is 85.9 cm³/mol. The predicted octanol–water partition coefficient (Wildman–Crippen LogP) is 2.54. The van der Waals surface area contributed by atoms with Gasteiger partial charge in [-0.2, -0.15) is 0 Å². The van der Waals surface area contributed by atoms with Gasteiger partial charge in [0, 0.05) is 24.5 Å². The van der Waals surface area contributed by atoms with E-state index in [-0.39, 0.29) is 18.4 Å². The Morgan fingerprint density at radius 2 is 1.91 bits per heavy atom. The number of benzene rings is 2. The fourth-order valence-corrected chi connectivity index (χ4v) is 2.46. The average Bonchev–Trinajstić information content (AvgIpc) is 2.96. The van der Waals surface area contributed by atoms with Crippen molar-refractivity contribution in [1.82, 2.24) is 5.32 Å². The van der Waals surface area contributed by atoms with Crippen LogP contribution in [-0.2, 0) is 11.2 Å². The number of rotatable bonds is 4. The molecular weight excluding hydrogens is 297 g/mol. The summed E-state index contributed by atoms with van der Waals surface area (Å²) >= 11 is 0. The molecule has 0 unspecified atom stereocenters. The van der Waals surface area contributed by atoms with Crippen LogP contribution in [0.15, 0.2) is 48.5 Å². The molecule has 5 nitrogen and oxygen atoms in total. The highest BCUT2D eigenvalue weighted by Crippen LogP contribution is 2.19. The fourth-order valence-electron chi connectivity index (χ4n) is 2.46. The summed E-state index contributed by atoms with van der Waals surface area (Å²) in [4.78, 5) is 25.2. The Labute approximate surface area is 133 Å². The molecule has 2 N–H and O–H groups in total. The van der Waals surface area contributed by atoms with E-state index >= 15 is 0 Å². The number of hydrogen-bond acceptors (Lipinski definition) is 2. The zero-order valence-electron chi connectivity index (χ0n) is 12.4. The molecule has 0 saturated carbocycles. The minimum absolute atomic E-state index is 0.0248. The summed E-state index contributed by atoms with van der Waals surface area (Å²) in [6, 6.07) is 13.1. The largest absolute Gasteiger partial charge is 0.336 e. The summed E-state index contributed by atoms with van der Waals surface area (Å²) in [5.41, 5.74) is 1.73. The van der Waals surface area contributed by atoms with E-state index in [1.54, 1.807) is 47.4 Å². The van der Waals surface area contributed by atoms with Crippen LogP contribution in [0.3, 0.4) is 0 Å². The first-order valence-corrected chi connectivity index (χ1v) is 7.32. The van der Waals surface area contributed by atoms with E-state index < -0.39 is 5.82 Å². The maximum absolute atomic E-state index is 13.5. The second-order valence-corrected chi connectivity index (χ2v) is 5.25. The lowest BCUT2D eigenvalue weighted by Gasteiger charge is -2.14. The number of amides is 3. The lowest BCUT2D eigenvalue weighted by atomic mass is 10.1. The van der Waals surface area contributed by atoms with E-state index in [1.807, 2.05) is 0 Å². The minimum Gasteiger partial charge on any atom is -0.336 e. The molecule has 23 heavy (non-hydrogen) atoms. The fraction of sp³-hybridized carbons (Fsp3) is 0.176. The number of carbonyl (C=O) groups is 2. The summed E-state index contributed by atoms with van der Waals surface area (Å²) < 4.78 is 13.5. The number of urea groups is 1. The SMILES string of the molecule is O=C(Cc1ccccc1F)Nc1ccc(N2CCNC2=O)cc1. The van der Waals surface area contributed by atoms with Crippen molar-refractivity contribution < 1.29 is 14.0 Å². The van der Waals surface area contributed by atoms with E-state index in [4.69, 9.17) is 0 Å². The smallest absolute Gasteiger partial charge is 0.321 e. The molecule has 0 spiro atoms. The molecule has 3 amide bonds. The number of hydrogen-bond donors (Lipinski definition) is 2. The summed E-state index contributed by atoms with van der Waals surface area (Å²) in [5.74, 6) is -0.681. The van der Waals surface area contributed by atoms with Crippen LogP contribution in [0.25, 0.3) is 0 Å². The standard InChI is InChI=1S/C17H16FN3O2/c18-15-4-2-1-3-12(15)11-16(22)20-13-5-7-14(8-6-13)21-10-9-19-17(21)23/h1-8H,9-11H2,(H,19,23)(H,20,22). The summed E-state index contributed by atoms with van der Waals surface area (Å²) in [6.45, 7) is 1.25. The number of carbonyl (C=O) groups excluding carboxylic acids is 2. The average molecular weight is 313 g/mol. The van der Waals surface area contributed by atoms with Crippen LogP contribution < -0.4 is 15.5 Å². The zero-order chi connectivity index (χ0) is 16.2. The Morgan fingerprint density at radius 1 is 1.17 bits per heavy atom. The molecule has 0 aromatic heterocycles. The van der Waals surface area contributed by atoms with Gasteiger partial charge in [-0.15, -0.1) is 0 Å². The van der Waals surface area contributed by atoms with Gasteiger partial charge >= 0.3 is 6.03 Å². The number of nitrogens with one attached hydrogen (secondary N) is 2. The van der Waals surface area contributed by atoms with Crippen molar-refractivity contribution in [3.63, 3.8) is 0 Å². The molecule has 1 heterocycles. The minimum atomic E-state index is -0.391. The van der Waals surface area contributed by atoms with Gasteiger partial charge in [0.15, 0.2) is 0 Å². The summed E-state index contributed by atoms with van der Waals surface area (Å²) in [6.07, 6.45) is -0.0248. The first kappa shape index (κ1) is 15.0. The molecule has 0 aliphatic carbocycles. The molecule has 0 radical (unpaired) electrons. The molecule has 118 valence electrons. The maximum Gasteiger partial charge on any atom is 0.321 e. The van der Waals surface area contributed by atoms with E-state index in [2.05, 4.69) is 10.6 Å². The monoisotopic (exact) mass is 313 g/mol. The third-order valence-electron chi connectivity index (χ3n) is 3.63. The van der Waals surface area contributed by atoms with Gasteiger partial charge in [0.1, 0.15) is 5.82 Å². The number of halogens is 1. The second-order valence-electron chi connectivity index (χ2n) is 5.25. The van der Waals surface area contributed by atoms with Crippen molar-refractivity contribution in [2.24, 2.45) is 0 Å². The Kier molecular flexibility index (Phi) is 4.23. The molecule has 2 aromatic rings. The van der Waals surface area contributed by atoms with Crippen LogP contribution in [0, 0.1) is 5.82 Å². The highest BCUT2D eigenvalue weighted by Gasteiger charge is 2.20. The van der Waals surface area contributed by atoms with Gasteiger partial charge in [0.25, 0.3) is 0 Å². The summed E-state index contributed by atoms with van der Waals surface area (Å²) in [7, 11) is 0. The Balaban J connectivity index is 1.63. The normalized spacial score (nSPS) is 13.8. The lowest BCUT2D eigenvalue weighted by Crippen LogP contribution is -2.27. The molecule has 6 heteroatoms. The van der Waals surface area contributed by atoms with Crippen LogP contribution in [0.5, 0.6) is 0 Å². The van der Waals surface area contributed by atoms with Crippen molar-refractivity contribution in [3.05, 3.63) is 59.9 Å². The van der Waals surface area contributed by atoms with Gasteiger partial charge in [-0.1, -0.05) is 18.2 Å². The first-order valence-electron chi connectivity index (χ1n) is 7.32. The molecule has 1 fully saturated rings. The first-order chi connectivity index (χ1) is 11.1. The van der Waals surface area contributed by atoms with Crippen molar-refractivity contribution in [2.45, 2.75) is 6.42 Å². The van der Waals surface area contributed by atoms with Crippen LogP contribution in [0.2, 0.25) is 0 Å². The molecular formula is C17H16FN3O2. The van der Waals surface area contributed by atoms with Crippen LogP contribution in [0.4, 0.5) is 20.6 Å². The quantitative estimate of drug-likeness (QED) is 0.911. The zero-order valence-corrected chi connectivity index (χ0v) is 12.4. The Bertz CT molecular complexity index is 731. The van der Waals surface area contributed by atoms with E-state index in [1.165, 1.54) is 6.07 Å². The molecule has 2 aromatic carbocycles. The molecule has 0 atom stereocenters. The maximum atomic E-state index is 13.5. The molecule has 0 bridgehead atoms. The van der Waals surface area contributed by atoms with Crippen molar-refractivity contribution in [2.75, 3.05) is 23.3 Å². The lowest BCUT2D eigenvalue weighted by molar-refractivity contribution is -0.115. The van der Waals surface area contributed by atoms with Crippen LogP contribution >= 0.6 is 0 Å².